The number of benzene rings is 1. The first-order valence-electron chi connectivity index (χ1n) is 10.3. The number of nitrogens with zero attached hydrogens (tertiary/aromatic N) is 5. The van der Waals surface area contributed by atoms with Gasteiger partial charge in [0.05, 0.1) is 18.2 Å². The second-order valence-electron chi connectivity index (χ2n) is 7.65. The Morgan fingerprint density at radius 1 is 1.06 bits per heavy atom. The fraction of sp³-hybridized carbons (Fsp3) is 0.450. The second-order valence-corrected chi connectivity index (χ2v) is 8.54. The zero-order valence-electron chi connectivity index (χ0n) is 16.8. The van der Waals surface area contributed by atoms with Crippen LogP contribution in [0.2, 0.25) is 0 Å². The van der Waals surface area contributed by atoms with Crippen molar-refractivity contribution in [2.45, 2.75) is 18.8 Å². The average molecular weight is 443 g/mol. The molecule has 0 atom stereocenters. The van der Waals surface area contributed by atoms with Crippen molar-refractivity contribution in [1.29, 1.82) is 0 Å². The number of likely N-dealkylation sites (tertiary alicyclic amines) is 1. The van der Waals surface area contributed by atoms with Gasteiger partial charge in [0.25, 0.3) is 11.8 Å². The van der Waals surface area contributed by atoms with Crippen molar-refractivity contribution in [3.8, 4) is 0 Å². The van der Waals surface area contributed by atoms with Crippen molar-refractivity contribution in [2.24, 2.45) is 0 Å². The van der Waals surface area contributed by atoms with Crippen molar-refractivity contribution in [3.63, 3.8) is 0 Å². The van der Waals surface area contributed by atoms with Crippen LogP contribution in [0.15, 0.2) is 28.2 Å². The Balaban J connectivity index is 1.17. The summed E-state index contributed by atoms with van der Waals surface area (Å²) in [6.07, 6.45) is 1.63. The number of hydrazine groups is 1. The molecule has 0 aliphatic carbocycles. The third-order valence-corrected chi connectivity index (χ3v) is 6.66. The lowest BCUT2D eigenvalue weighted by molar-refractivity contribution is 0.0125. The minimum Gasteiger partial charge on any atom is -0.379 e. The first kappa shape index (κ1) is 20.0. The zero-order valence-corrected chi connectivity index (χ0v) is 17.6. The van der Waals surface area contributed by atoms with Crippen LogP contribution in [0.5, 0.6) is 0 Å². The lowest BCUT2D eigenvalue weighted by Crippen LogP contribution is -2.48. The van der Waals surface area contributed by atoms with Gasteiger partial charge in [-0.15, -0.1) is 11.3 Å². The van der Waals surface area contributed by atoms with Crippen LogP contribution in [-0.4, -0.2) is 76.4 Å². The van der Waals surface area contributed by atoms with E-state index in [1.54, 1.807) is 18.2 Å². The molecule has 2 aliphatic rings. The van der Waals surface area contributed by atoms with Crippen LogP contribution in [0.4, 0.5) is 0 Å². The highest BCUT2D eigenvalue weighted by molar-refractivity contribution is 7.09. The SMILES string of the molecule is O=C(NN1CCOCC1)c1csc(C2CCN(C(=O)c3ccc4nonc4c3)CC2)n1. The van der Waals surface area contributed by atoms with Crippen LogP contribution in [0.1, 0.15) is 44.6 Å². The van der Waals surface area contributed by atoms with Crippen molar-refractivity contribution in [2.75, 3.05) is 39.4 Å². The quantitative estimate of drug-likeness (QED) is 0.649. The molecule has 31 heavy (non-hydrogen) atoms. The fourth-order valence-electron chi connectivity index (χ4n) is 3.88. The Morgan fingerprint density at radius 3 is 2.65 bits per heavy atom. The van der Waals surface area contributed by atoms with Gasteiger partial charge in [0.2, 0.25) is 0 Å². The molecule has 2 saturated heterocycles. The molecule has 10 nitrogen and oxygen atoms in total. The summed E-state index contributed by atoms with van der Waals surface area (Å²) in [5, 5.41) is 12.2. The number of carbonyl (C=O) groups is 2. The molecule has 3 aromatic rings. The van der Waals surface area contributed by atoms with Gasteiger partial charge in [-0.2, -0.15) is 0 Å². The molecule has 1 aromatic carbocycles. The number of hydrogen-bond acceptors (Lipinski definition) is 9. The molecule has 2 aliphatic heterocycles. The number of carbonyl (C=O) groups excluding carboxylic acids is 2. The second kappa shape index (κ2) is 8.69. The zero-order chi connectivity index (χ0) is 21.2. The lowest BCUT2D eigenvalue weighted by Gasteiger charge is -2.31. The van der Waals surface area contributed by atoms with Gasteiger partial charge in [0, 0.05) is 43.0 Å². The molecule has 1 N–H and O–H groups in total. The molecule has 0 radical (unpaired) electrons. The normalized spacial score (nSPS) is 18.4. The number of rotatable bonds is 4. The van der Waals surface area contributed by atoms with Crippen LogP contribution in [-0.2, 0) is 4.74 Å². The largest absolute Gasteiger partial charge is 0.379 e. The molecule has 4 heterocycles. The van der Waals surface area contributed by atoms with Gasteiger partial charge in [-0.05, 0) is 41.4 Å². The van der Waals surface area contributed by atoms with Crippen LogP contribution < -0.4 is 5.43 Å². The van der Waals surface area contributed by atoms with E-state index in [-0.39, 0.29) is 17.7 Å². The van der Waals surface area contributed by atoms with Gasteiger partial charge in [0.1, 0.15) is 16.7 Å². The van der Waals surface area contributed by atoms with Gasteiger partial charge in [-0.25, -0.2) is 14.6 Å². The number of thiazole rings is 1. The number of nitrogens with one attached hydrogen (secondary N) is 1. The highest BCUT2D eigenvalue weighted by Crippen LogP contribution is 2.31. The van der Waals surface area contributed by atoms with Crippen molar-refractivity contribution >= 4 is 34.2 Å². The summed E-state index contributed by atoms with van der Waals surface area (Å²) < 4.78 is 10.00. The standard InChI is InChI=1S/C20H22N6O4S/c27-18(22-26-7-9-29-10-8-26)17-12-31-19(21-17)13-3-5-25(6-4-13)20(28)14-1-2-15-16(11-14)24-30-23-15/h1-2,11-13H,3-10H2,(H,22,27). The van der Waals surface area contributed by atoms with E-state index in [9.17, 15) is 9.59 Å². The number of ether oxygens (including phenoxy) is 1. The molecule has 2 fully saturated rings. The van der Waals surface area contributed by atoms with E-state index in [2.05, 4.69) is 20.7 Å². The number of amides is 2. The molecule has 11 heteroatoms. The molecule has 162 valence electrons. The summed E-state index contributed by atoms with van der Waals surface area (Å²) in [6, 6.07) is 5.20. The Bertz CT molecular complexity index is 1080. The number of aromatic nitrogens is 3. The minimum atomic E-state index is -0.185. The Morgan fingerprint density at radius 2 is 1.84 bits per heavy atom. The Labute approximate surface area is 182 Å². The number of piperidine rings is 1. The topological polar surface area (TPSA) is 114 Å². The highest BCUT2D eigenvalue weighted by atomic mass is 32.1. The first-order chi connectivity index (χ1) is 15.2. The molecule has 2 amide bonds. The van der Waals surface area contributed by atoms with Crippen molar-refractivity contribution < 1.29 is 19.0 Å². The maximum absolute atomic E-state index is 12.9. The summed E-state index contributed by atoms with van der Waals surface area (Å²) in [5.74, 6) is 0.0454. The van der Waals surface area contributed by atoms with E-state index in [1.165, 1.54) is 11.3 Å². The molecule has 5 rings (SSSR count). The molecule has 0 bridgehead atoms. The number of hydrogen-bond donors (Lipinski definition) is 1. The molecular weight excluding hydrogens is 420 g/mol. The van der Waals surface area contributed by atoms with E-state index in [0.717, 1.165) is 17.8 Å². The Kier molecular flexibility index (Phi) is 5.62. The van der Waals surface area contributed by atoms with E-state index in [1.807, 2.05) is 15.3 Å². The smallest absolute Gasteiger partial charge is 0.285 e. The van der Waals surface area contributed by atoms with Gasteiger partial charge in [-0.1, -0.05) is 0 Å². The maximum Gasteiger partial charge on any atom is 0.285 e. The maximum atomic E-state index is 12.9. The molecule has 0 spiro atoms. The molecular formula is C20H22N6O4S. The molecule has 0 unspecified atom stereocenters. The number of fused-ring (bicyclic) bond motifs is 1. The van der Waals surface area contributed by atoms with Gasteiger partial charge < -0.3 is 9.64 Å². The predicted octanol–water partition coefficient (Wildman–Crippen LogP) is 1.68. The van der Waals surface area contributed by atoms with E-state index >= 15 is 0 Å². The number of morpholine rings is 1. The van der Waals surface area contributed by atoms with E-state index < -0.39 is 0 Å². The van der Waals surface area contributed by atoms with Crippen LogP contribution in [0.25, 0.3) is 11.0 Å². The van der Waals surface area contributed by atoms with Gasteiger partial charge >= 0.3 is 0 Å². The van der Waals surface area contributed by atoms with Crippen molar-refractivity contribution in [3.05, 3.63) is 39.8 Å². The predicted molar refractivity (Wildman–Crippen MR) is 112 cm³/mol. The summed E-state index contributed by atoms with van der Waals surface area (Å²) in [5.41, 5.74) is 5.12. The summed E-state index contributed by atoms with van der Waals surface area (Å²) in [7, 11) is 0. The molecule has 0 saturated carbocycles. The third-order valence-electron chi connectivity index (χ3n) is 5.66. The van der Waals surface area contributed by atoms with E-state index in [4.69, 9.17) is 9.37 Å². The Hall–Kier alpha value is -2.89. The van der Waals surface area contributed by atoms with Gasteiger partial charge in [-0.3, -0.25) is 15.0 Å². The summed E-state index contributed by atoms with van der Waals surface area (Å²) >= 11 is 1.51. The average Bonchev–Trinajstić information content (AvgIpc) is 3.49. The summed E-state index contributed by atoms with van der Waals surface area (Å²) in [6.45, 7) is 3.87. The van der Waals surface area contributed by atoms with Crippen LogP contribution in [0.3, 0.4) is 0 Å². The van der Waals surface area contributed by atoms with Crippen LogP contribution >= 0.6 is 11.3 Å². The van der Waals surface area contributed by atoms with Crippen molar-refractivity contribution in [1.82, 2.24) is 30.6 Å². The lowest BCUT2D eigenvalue weighted by atomic mass is 9.97. The minimum absolute atomic E-state index is 0.0203. The van der Waals surface area contributed by atoms with E-state index in [0.29, 0.717) is 61.7 Å². The van der Waals surface area contributed by atoms with Gasteiger partial charge in [0.15, 0.2) is 0 Å². The fourth-order valence-corrected chi connectivity index (χ4v) is 4.85. The third kappa shape index (κ3) is 4.29. The monoisotopic (exact) mass is 442 g/mol. The first-order valence-corrected chi connectivity index (χ1v) is 11.2. The summed E-state index contributed by atoms with van der Waals surface area (Å²) in [4.78, 5) is 31.7. The molecule has 2 aromatic heterocycles. The highest BCUT2D eigenvalue weighted by Gasteiger charge is 2.27. The van der Waals surface area contributed by atoms with Crippen LogP contribution in [0, 0.1) is 0 Å².